The summed E-state index contributed by atoms with van der Waals surface area (Å²) >= 11 is 0. The van der Waals surface area contributed by atoms with Crippen LogP contribution in [0.25, 0.3) is 0 Å². The van der Waals surface area contributed by atoms with Crippen LogP contribution in [0, 0.1) is 0 Å². The van der Waals surface area contributed by atoms with Crippen LogP contribution in [-0.2, 0) is 11.2 Å². The monoisotopic (exact) mass is 341 g/mol. The molecule has 25 heavy (non-hydrogen) atoms. The summed E-state index contributed by atoms with van der Waals surface area (Å²) in [7, 11) is 0. The number of benzene rings is 2. The first-order valence-electron chi connectivity index (χ1n) is 8.64. The Morgan fingerprint density at radius 3 is 2.68 bits per heavy atom. The Morgan fingerprint density at radius 2 is 1.92 bits per heavy atom. The van der Waals surface area contributed by atoms with Crippen LogP contribution in [0.15, 0.2) is 48.5 Å². The van der Waals surface area contributed by atoms with Crippen molar-refractivity contribution in [2.24, 2.45) is 0 Å². The van der Waals surface area contributed by atoms with Crippen LogP contribution in [0.2, 0.25) is 0 Å². The lowest BCUT2D eigenvalue weighted by Crippen LogP contribution is -2.44. The summed E-state index contributed by atoms with van der Waals surface area (Å²) in [4.78, 5) is 12.2. The Labute approximate surface area is 147 Å². The summed E-state index contributed by atoms with van der Waals surface area (Å²) in [5.74, 6) is 2.04. The predicted octanol–water partition coefficient (Wildman–Crippen LogP) is 2.97. The van der Waals surface area contributed by atoms with Gasteiger partial charge in [0.1, 0.15) is 12.4 Å². The molecule has 3 rings (SSSR count). The molecule has 1 heterocycles. The third-order valence-corrected chi connectivity index (χ3v) is 3.98. The minimum atomic E-state index is -0.597. The number of ether oxygens (including phenoxy) is 3. The maximum absolute atomic E-state index is 12.2. The van der Waals surface area contributed by atoms with E-state index < -0.39 is 6.10 Å². The third-order valence-electron chi connectivity index (χ3n) is 3.98. The molecule has 1 aliphatic heterocycles. The molecule has 0 saturated heterocycles. The van der Waals surface area contributed by atoms with Gasteiger partial charge in [-0.15, -0.1) is 0 Å². The molecule has 2 aromatic rings. The lowest BCUT2D eigenvalue weighted by molar-refractivity contribution is -0.130. The summed E-state index contributed by atoms with van der Waals surface area (Å²) in [5, 5.41) is 2.92. The molecule has 5 nitrogen and oxygen atoms in total. The number of hydrogen-bond acceptors (Lipinski definition) is 4. The van der Waals surface area contributed by atoms with E-state index in [1.165, 1.54) is 5.56 Å². The van der Waals surface area contributed by atoms with Gasteiger partial charge < -0.3 is 19.5 Å². The predicted molar refractivity (Wildman–Crippen MR) is 95.3 cm³/mol. The molecular weight excluding hydrogens is 318 g/mol. The molecule has 0 radical (unpaired) electrons. The van der Waals surface area contributed by atoms with E-state index in [2.05, 4.69) is 17.4 Å². The van der Waals surface area contributed by atoms with Gasteiger partial charge in [-0.25, -0.2) is 0 Å². The number of para-hydroxylation sites is 2. The zero-order valence-electron chi connectivity index (χ0n) is 14.4. The number of amides is 1. The Balaban J connectivity index is 1.40. The summed E-state index contributed by atoms with van der Waals surface area (Å²) in [6.07, 6.45) is 1.17. The van der Waals surface area contributed by atoms with Gasteiger partial charge in [0.05, 0.1) is 6.61 Å². The largest absolute Gasteiger partial charge is 0.494 e. The van der Waals surface area contributed by atoms with Gasteiger partial charge in [0.15, 0.2) is 11.5 Å². The molecule has 1 amide bonds. The van der Waals surface area contributed by atoms with Crippen LogP contribution in [0.1, 0.15) is 18.9 Å². The molecule has 2 aromatic carbocycles. The second-order valence-corrected chi connectivity index (χ2v) is 5.84. The van der Waals surface area contributed by atoms with Crippen LogP contribution in [-0.4, -0.2) is 31.8 Å². The molecular formula is C20H23NO4. The summed E-state index contributed by atoms with van der Waals surface area (Å²) in [6.45, 7) is 3.48. The number of nitrogens with one attached hydrogen (secondary N) is 1. The van der Waals surface area contributed by atoms with E-state index in [-0.39, 0.29) is 12.5 Å². The fourth-order valence-corrected chi connectivity index (χ4v) is 2.69. The second-order valence-electron chi connectivity index (χ2n) is 5.84. The van der Waals surface area contributed by atoms with Crippen molar-refractivity contribution in [1.29, 1.82) is 0 Å². The number of rotatable bonds is 7. The van der Waals surface area contributed by atoms with Crippen molar-refractivity contribution in [1.82, 2.24) is 5.32 Å². The lowest BCUT2D eigenvalue weighted by atomic mass is 10.1. The molecule has 0 bridgehead atoms. The van der Waals surface area contributed by atoms with Crippen molar-refractivity contribution in [2.75, 3.05) is 19.8 Å². The van der Waals surface area contributed by atoms with E-state index in [1.54, 1.807) is 6.07 Å². The van der Waals surface area contributed by atoms with Crippen LogP contribution >= 0.6 is 0 Å². The van der Waals surface area contributed by atoms with E-state index in [0.29, 0.717) is 24.7 Å². The quantitative estimate of drug-likeness (QED) is 0.787. The fraction of sp³-hybridized carbons (Fsp3) is 0.350. The summed E-state index contributed by atoms with van der Waals surface area (Å²) in [6, 6.07) is 15.4. The number of aryl methyl sites for hydroxylation is 1. The Bertz CT molecular complexity index is 699. The summed E-state index contributed by atoms with van der Waals surface area (Å²) in [5.41, 5.74) is 1.23. The molecule has 1 N–H and O–H groups in total. The molecule has 0 aliphatic carbocycles. The van der Waals surface area contributed by atoms with Gasteiger partial charge >= 0.3 is 0 Å². The maximum Gasteiger partial charge on any atom is 0.264 e. The molecule has 5 heteroatoms. The minimum absolute atomic E-state index is 0.138. The van der Waals surface area contributed by atoms with E-state index in [0.717, 1.165) is 18.6 Å². The van der Waals surface area contributed by atoms with Crippen molar-refractivity contribution in [3.63, 3.8) is 0 Å². The first-order chi connectivity index (χ1) is 12.3. The van der Waals surface area contributed by atoms with Crippen LogP contribution < -0.4 is 19.5 Å². The molecule has 0 aromatic heterocycles. The van der Waals surface area contributed by atoms with Gasteiger partial charge in [-0.1, -0.05) is 24.3 Å². The van der Waals surface area contributed by atoms with Gasteiger partial charge in [-0.3, -0.25) is 4.79 Å². The highest BCUT2D eigenvalue weighted by Crippen LogP contribution is 2.30. The molecule has 1 atom stereocenters. The topological polar surface area (TPSA) is 56.8 Å². The minimum Gasteiger partial charge on any atom is -0.494 e. The molecule has 132 valence electrons. The molecule has 1 aliphatic rings. The van der Waals surface area contributed by atoms with Crippen LogP contribution in [0.5, 0.6) is 17.2 Å². The average molecular weight is 341 g/mol. The SMILES string of the molecule is CCOc1ccc(CCCNC(=O)[C@H]2COc3ccccc3O2)cc1. The fourth-order valence-electron chi connectivity index (χ4n) is 2.69. The average Bonchev–Trinajstić information content (AvgIpc) is 2.66. The van der Waals surface area contributed by atoms with Gasteiger partial charge in [0, 0.05) is 6.54 Å². The number of hydrogen-bond donors (Lipinski definition) is 1. The normalized spacial score (nSPS) is 15.5. The Kier molecular flexibility index (Phi) is 5.77. The first kappa shape index (κ1) is 17.1. The zero-order valence-corrected chi connectivity index (χ0v) is 14.4. The van der Waals surface area contributed by atoms with Crippen molar-refractivity contribution in [3.8, 4) is 17.2 Å². The van der Waals surface area contributed by atoms with Crippen molar-refractivity contribution < 1.29 is 19.0 Å². The number of carbonyl (C=O) groups excluding carboxylic acids is 1. The van der Waals surface area contributed by atoms with Crippen LogP contribution in [0.4, 0.5) is 0 Å². The molecule has 0 fully saturated rings. The lowest BCUT2D eigenvalue weighted by Gasteiger charge is -2.25. The smallest absolute Gasteiger partial charge is 0.264 e. The van der Waals surface area contributed by atoms with Gasteiger partial charge in [0.25, 0.3) is 5.91 Å². The number of carbonyl (C=O) groups is 1. The van der Waals surface area contributed by atoms with Crippen LogP contribution in [0.3, 0.4) is 0 Å². The van der Waals surface area contributed by atoms with Gasteiger partial charge in [-0.05, 0) is 49.6 Å². The Morgan fingerprint density at radius 1 is 1.16 bits per heavy atom. The zero-order chi connectivity index (χ0) is 17.5. The highest BCUT2D eigenvalue weighted by atomic mass is 16.6. The highest BCUT2D eigenvalue weighted by Gasteiger charge is 2.26. The van der Waals surface area contributed by atoms with E-state index in [4.69, 9.17) is 14.2 Å². The molecule has 0 unspecified atom stereocenters. The molecule has 0 saturated carbocycles. The standard InChI is InChI=1S/C20H23NO4/c1-2-23-16-11-9-15(10-12-16)6-5-13-21-20(22)19-14-24-17-7-3-4-8-18(17)25-19/h3-4,7-12,19H,2,5-6,13-14H2,1H3,(H,21,22)/t19-/m1/s1. The number of fused-ring (bicyclic) bond motifs is 1. The highest BCUT2D eigenvalue weighted by molar-refractivity contribution is 5.81. The van der Waals surface area contributed by atoms with Crippen molar-refractivity contribution in [2.45, 2.75) is 25.9 Å². The van der Waals surface area contributed by atoms with Gasteiger partial charge in [-0.2, -0.15) is 0 Å². The second kappa shape index (κ2) is 8.42. The van der Waals surface area contributed by atoms with Gasteiger partial charge in [0.2, 0.25) is 6.10 Å². The van der Waals surface area contributed by atoms with E-state index in [9.17, 15) is 4.79 Å². The van der Waals surface area contributed by atoms with E-state index >= 15 is 0 Å². The Hall–Kier alpha value is -2.69. The maximum atomic E-state index is 12.2. The third kappa shape index (κ3) is 4.66. The molecule has 0 spiro atoms. The van der Waals surface area contributed by atoms with E-state index in [1.807, 2.05) is 37.3 Å². The van der Waals surface area contributed by atoms with Crippen molar-refractivity contribution in [3.05, 3.63) is 54.1 Å². The van der Waals surface area contributed by atoms with Crippen molar-refractivity contribution >= 4 is 5.91 Å². The summed E-state index contributed by atoms with van der Waals surface area (Å²) < 4.78 is 16.7. The first-order valence-corrected chi connectivity index (χ1v) is 8.64.